The monoisotopic (exact) mass is 357 g/mol. The summed E-state index contributed by atoms with van der Waals surface area (Å²) in [7, 11) is 1.62. The summed E-state index contributed by atoms with van der Waals surface area (Å²) in [5.74, 6) is 1.80. The number of carbonyl (C=O) groups excluding carboxylic acids is 1. The summed E-state index contributed by atoms with van der Waals surface area (Å²) in [6, 6.07) is 7.82. The highest BCUT2D eigenvalue weighted by Gasteiger charge is 2.15. The second kappa shape index (κ2) is 9.36. The van der Waals surface area contributed by atoms with Gasteiger partial charge < -0.3 is 14.6 Å². The summed E-state index contributed by atoms with van der Waals surface area (Å²) in [4.78, 5) is 16.6. The molecule has 1 fully saturated rings. The fourth-order valence-corrected chi connectivity index (χ4v) is 3.36. The van der Waals surface area contributed by atoms with Crippen molar-refractivity contribution in [2.24, 2.45) is 0 Å². The largest absolute Gasteiger partial charge is 0.497 e. The Morgan fingerprint density at radius 1 is 1.23 bits per heavy atom. The number of methoxy groups -OCH3 is 1. The molecular weight excluding hydrogens is 330 g/mol. The Balaban J connectivity index is 1.50. The number of nitrogens with zero attached hydrogens (tertiary/aromatic N) is 2. The maximum Gasteiger partial charge on any atom is 0.227 e. The van der Waals surface area contributed by atoms with Crippen molar-refractivity contribution in [1.29, 1.82) is 0 Å². The Hall–Kier alpha value is -2.37. The number of rotatable bonds is 6. The predicted molar refractivity (Wildman–Crippen MR) is 98.9 cm³/mol. The van der Waals surface area contributed by atoms with Crippen LogP contribution in [0.5, 0.6) is 5.75 Å². The van der Waals surface area contributed by atoms with Gasteiger partial charge in [0, 0.05) is 24.4 Å². The molecule has 26 heavy (non-hydrogen) atoms. The molecule has 1 heterocycles. The van der Waals surface area contributed by atoms with Crippen LogP contribution in [0.1, 0.15) is 57.3 Å². The Morgan fingerprint density at radius 3 is 2.77 bits per heavy atom. The van der Waals surface area contributed by atoms with Crippen LogP contribution in [0.2, 0.25) is 0 Å². The smallest absolute Gasteiger partial charge is 0.227 e. The van der Waals surface area contributed by atoms with Crippen LogP contribution in [0.15, 0.2) is 28.8 Å². The van der Waals surface area contributed by atoms with E-state index in [4.69, 9.17) is 9.26 Å². The van der Waals surface area contributed by atoms with E-state index in [0.29, 0.717) is 30.6 Å². The molecule has 0 atom stereocenters. The van der Waals surface area contributed by atoms with E-state index in [1.165, 1.54) is 32.1 Å². The van der Waals surface area contributed by atoms with Crippen molar-refractivity contribution < 1.29 is 14.1 Å². The van der Waals surface area contributed by atoms with E-state index in [0.717, 1.165) is 24.2 Å². The van der Waals surface area contributed by atoms with Crippen LogP contribution in [-0.4, -0.2) is 29.2 Å². The van der Waals surface area contributed by atoms with Crippen LogP contribution in [0.3, 0.4) is 0 Å². The van der Waals surface area contributed by atoms with Gasteiger partial charge in [0.05, 0.1) is 7.11 Å². The van der Waals surface area contributed by atoms with Gasteiger partial charge in [-0.1, -0.05) is 49.4 Å². The fraction of sp³-hybridized carbons (Fsp3) is 0.550. The molecule has 1 aromatic heterocycles. The van der Waals surface area contributed by atoms with E-state index >= 15 is 0 Å². The van der Waals surface area contributed by atoms with E-state index in [1.807, 2.05) is 24.3 Å². The average Bonchev–Trinajstić information content (AvgIpc) is 3.11. The van der Waals surface area contributed by atoms with Crippen molar-refractivity contribution in [3.8, 4) is 17.1 Å². The number of carbonyl (C=O) groups is 1. The molecule has 0 saturated heterocycles. The Labute approximate surface area is 154 Å². The van der Waals surface area contributed by atoms with Gasteiger partial charge in [0.25, 0.3) is 0 Å². The molecule has 1 amide bonds. The summed E-state index contributed by atoms with van der Waals surface area (Å²) in [6.45, 7) is 0. The molecule has 0 aliphatic heterocycles. The summed E-state index contributed by atoms with van der Waals surface area (Å²) in [6.07, 6.45) is 9.30. The van der Waals surface area contributed by atoms with Gasteiger partial charge in [-0.05, 0) is 25.0 Å². The van der Waals surface area contributed by atoms with Crippen molar-refractivity contribution in [2.45, 2.75) is 63.8 Å². The number of aryl methyl sites for hydroxylation is 1. The van der Waals surface area contributed by atoms with Crippen LogP contribution < -0.4 is 10.1 Å². The molecule has 0 bridgehead atoms. The first-order valence-electron chi connectivity index (χ1n) is 9.51. The van der Waals surface area contributed by atoms with Crippen LogP contribution in [-0.2, 0) is 11.2 Å². The van der Waals surface area contributed by atoms with Crippen molar-refractivity contribution in [2.75, 3.05) is 7.11 Å². The zero-order valence-electron chi connectivity index (χ0n) is 15.4. The van der Waals surface area contributed by atoms with Gasteiger partial charge in [0.15, 0.2) is 0 Å². The highest BCUT2D eigenvalue weighted by Crippen LogP contribution is 2.21. The number of hydrogen-bond acceptors (Lipinski definition) is 5. The quantitative estimate of drug-likeness (QED) is 0.848. The maximum atomic E-state index is 12.2. The molecule has 0 unspecified atom stereocenters. The van der Waals surface area contributed by atoms with E-state index in [-0.39, 0.29) is 5.91 Å². The molecule has 0 spiro atoms. The molecule has 140 valence electrons. The Kier molecular flexibility index (Phi) is 6.63. The minimum Gasteiger partial charge on any atom is -0.497 e. The first-order chi connectivity index (χ1) is 12.7. The van der Waals surface area contributed by atoms with Crippen LogP contribution in [0.4, 0.5) is 0 Å². The molecule has 1 aliphatic rings. The molecule has 6 nitrogen and oxygen atoms in total. The van der Waals surface area contributed by atoms with Crippen molar-refractivity contribution >= 4 is 5.91 Å². The standard InChI is InChI=1S/C20H27N3O3/c1-25-17-11-7-8-15(14-17)20-22-19(26-23-20)13-12-18(24)21-16-9-5-3-2-4-6-10-16/h7-8,11,14,16H,2-6,9-10,12-13H2,1H3,(H,21,24). The lowest BCUT2D eigenvalue weighted by atomic mass is 9.96. The third-order valence-electron chi connectivity index (χ3n) is 4.83. The molecule has 1 aromatic carbocycles. The van der Waals surface area contributed by atoms with E-state index in [9.17, 15) is 4.79 Å². The third kappa shape index (κ3) is 5.31. The summed E-state index contributed by atoms with van der Waals surface area (Å²) in [5.41, 5.74) is 0.832. The number of nitrogens with one attached hydrogen (secondary N) is 1. The minimum atomic E-state index is 0.0664. The minimum absolute atomic E-state index is 0.0664. The van der Waals surface area contributed by atoms with E-state index in [2.05, 4.69) is 15.5 Å². The lowest BCUT2D eigenvalue weighted by Crippen LogP contribution is -2.35. The SMILES string of the molecule is COc1cccc(-c2noc(CCC(=O)NC3CCCCCCC3)n2)c1. The Morgan fingerprint density at radius 2 is 2.00 bits per heavy atom. The normalized spacial score (nSPS) is 15.9. The van der Waals surface area contributed by atoms with Gasteiger partial charge in [0.1, 0.15) is 5.75 Å². The second-order valence-corrected chi connectivity index (χ2v) is 6.85. The van der Waals surface area contributed by atoms with Crippen molar-refractivity contribution in [3.05, 3.63) is 30.2 Å². The average molecular weight is 357 g/mol. The van der Waals surface area contributed by atoms with E-state index < -0.39 is 0 Å². The Bertz CT molecular complexity index is 706. The summed E-state index contributed by atoms with van der Waals surface area (Å²) >= 11 is 0. The second-order valence-electron chi connectivity index (χ2n) is 6.85. The van der Waals surface area contributed by atoms with Crippen molar-refractivity contribution in [3.63, 3.8) is 0 Å². The molecular formula is C20H27N3O3. The zero-order valence-corrected chi connectivity index (χ0v) is 15.4. The van der Waals surface area contributed by atoms with Crippen LogP contribution >= 0.6 is 0 Å². The number of benzene rings is 1. The first-order valence-corrected chi connectivity index (χ1v) is 9.51. The molecule has 0 radical (unpaired) electrons. The highest BCUT2D eigenvalue weighted by atomic mass is 16.5. The molecule has 3 rings (SSSR count). The predicted octanol–water partition coefficient (Wildman–Crippen LogP) is 3.91. The summed E-state index contributed by atoms with van der Waals surface area (Å²) in [5, 5.41) is 7.17. The fourth-order valence-electron chi connectivity index (χ4n) is 3.36. The van der Waals surface area contributed by atoms with Gasteiger partial charge >= 0.3 is 0 Å². The highest BCUT2D eigenvalue weighted by molar-refractivity contribution is 5.76. The first kappa shape index (κ1) is 18.4. The number of amides is 1. The lowest BCUT2D eigenvalue weighted by Gasteiger charge is -2.20. The summed E-state index contributed by atoms with van der Waals surface area (Å²) < 4.78 is 10.5. The third-order valence-corrected chi connectivity index (χ3v) is 4.83. The van der Waals surface area contributed by atoms with E-state index in [1.54, 1.807) is 7.11 Å². The van der Waals surface area contributed by atoms with Crippen LogP contribution in [0, 0.1) is 0 Å². The zero-order chi connectivity index (χ0) is 18.2. The number of ether oxygens (including phenoxy) is 1. The van der Waals surface area contributed by atoms with Gasteiger partial charge in [-0.15, -0.1) is 0 Å². The maximum absolute atomic E-state index is 12.2. The molecule has 6 heteroatoms. The number of aromatic nitrogens is 2. The molecule has 2 aromatic rings. The lowest BCUT2D eigenvalue weighted by molar-refractivity contribution is -0.122. The topological polar surface area (TPSA) is 77.2 Å². The van der Waals surface area contributed by atoms with Gasteiger partial charge in [-0.25, -0.2) is 0 Å². The van der Waals surface area contributed by atoms with Crippen LogP contribution in [0.25, 0.3) is 11.4 Å². The van der Waals surface area contributed by atoms with Gasteiger partial charge in [0.2, 0.25) is 17.6 Å². The van der Waals surface area contributed by atoms with Gasteiger partial charge in [-0.2, -0.15) is 4.98 Å². The molecule has 1 saturated carbocycles. The van der Waals surface area contributed by atoms with Crippen molar-refractivity contribution in [1.82, 2.24) is 15.5 Å². The number of hydrogen-bond donors (Lipinski definition) is 1. The molecule has 1 N–H and O–H groups in total. The molecule has 1 aliphatic carbocycles. The van der Waals surface area contributed by atoms with Gasteiger partial charge in [-0.3, -0.25) is 4.79 Å².